The fourth-order valence-electron chi connectivity index (χ4n) is 1.69. The lowest BCUT2D eigenvalue weighted by Crippen LogP contribution is -2.35. The minimum Gasteiger partial charge on any atom is -0.409 e. The van der Waals surface area contributed by atoms with Crippen LogP contribution in [0.3, 0.4) is 0 Å². The summed E-state index contributed by atoms with van der Waals surface area (Å²) in [6.45, 7) is 0.235. The Morgan fingerprint density at radius 2 is 2.26 bits per heavy atom. The second-order valence-electron chi connectivity index (χ2n) is 4.25. The number of amidine groups is 1. The van der Waals surface area contributed by atoms with Crippen LogP contribution in [0.1, 0.15) is 19.3 Å². The zero-order valence-electron chi connectivity index (χ0n) is 9.99. The third kappa shape index (κ3) is 3.47. The highest BCUT2D eigenvalue weighted by molar-refractivity contribution is 9.11. The molecule has 1 aliphatic rings. The first-order valence-corrected chi connectivity index (χ1v) is 8.73. The van der Waals surface area contributed by atoms with Gasteiger partial charge in [0.1, 0.15) is 10.0 Å². The summed E-state index contributed by atoms with van der Waals surface area (Å²) >= 11 is 4.45. The van der Waals surface area contributed by atoms with Crippen LogP contribution in [0, 0.1) is 0 Å². The Morgan fingerprint density at radius 1 is 1.58 bits per heavy atom. The largest absolute Gasteiger partial charge is 0.409 e. The van der Waals surface area contributed by atoms with Crippen molar-refractivity contribution in [3.05, 3.63) is 15.9 Å². The number of hydrogen-bond acceptors (Lipinski definition) is 5. The number of oxime groups is 1. The van der Waals surface area contributed by atoms with E-state index in [4.69, 9.17) is 10.9 Å². The summed E-state index contributed by atoms with van der Waals surface area (Å²) in [5.41, 5.74) is 5.40. The van der Waals surface area contributed by atoms with Crippen molar-refractivity contribution >= 4 is 43.1 Å². The first kappa shape index (κ1) is 14.8. The molecule has 0 spiro atoms. The molecule has 1 aromatic rings. The fourth-order valence-corrected chi connectivity index (χ4v) is 5.51. The van der Waals surface area contributed by atoms with E-state index in [0.29, 0.717) is 4.21 Å². The number of rotatable bonds is 6. The van der Waals surface area contributed by atoms with Crippen molar-refractivity contribution in [3.63, 3.8) is 0 Å². The molecular weight excluding hydrogens is 354 g/mol. The van der Waals surface area contributed by atoms with Crippen LogP contribution >= 0.6 is 27.3 Å². The molecule has 1 heterocycles. The van der Waals surface area contributed by atoms with Crippen LogP contribution in [-0.4, -0.2) is 36.4 Å². The fraction of sp³-hybridized carbons (Fsp3) is 0.500. The van der Waals surface area contributed by atoms with Gasteiger partial charge in [0.05, 0.1) is 3.79 Å². The minimum atomic E-state index is -3.49. The van der Waals surface area contributed by atoms with E-state index in [9.17, 15) is 8.42 Å². The molecule has 0 unspecified atom stereocenters. The highest BCUT2D eigenvalue weighted by Gasteiger charge is 2.38. The highest BCUT2D eigenvalue weighted by Crippen LogP contribution is 2.35. The Bertz CT molecular complexity index is 581. The predicted octanol–water partition coefficient (Wildman–Crippen LogP) is 1.80. The molecule has 0 aliphatic heterocycles. The summed E-state index contributed by atoms with van der Waals surface area (Å²) in [6.07, 6.45) is 1.95. The zero-order valence-corrected chi connectivity index (χ0v) is 13.2. The van der Waals surface area contributed by atoms with E-state index in [1.54, 1.807) is 12.1 Å². The van der Waals surface area contributed by atoms with E-state index in [1.165, 1.54) is 15.6 Å². The normalized spacial score (nSPS) is 17.1. The summed E-state index contributed by atoms with van der Waals surface area (Å²) in [5, 5.41) is 11.4. The van der Waals surface area contributed by atoms with Gasteiger partial charge in [0.25, 0.3) is 10.0 Å². The predicted molar refractivity (Wildman–Crippen MR) is 77.0 cm³/mol. The molecule has 1 aliphatic carbocycles. The summed E-state index contributed by atoms with van der Waals surface area (Å²) in [4.78, 5) is 0. The van der Waals surface area contributed by atoms with E-state index >= 15 is 0 Å². The van der Waals surface area contributed by atoms with Crippen LogP contribution in [0.2, 0.25) is 0 Å². The molecule has 2 rings (SSSR count). The monoisotopic (exact) mass is 367 g/mol. The molecule has 1 aromatic heterocycles. The van der Waals surface area contributed by atoms with Crippen molar-refractivity contribution in [1.29, 1.82) is 0 Å². The Morgan fingerprint density at radius 3 is 2.74 bits per heavy atom. The lowest BCUT2D eigenvalue weighted by atomic mass is 10.4. The topological polar surface area (TPSA) is 96.0 Å². The molecule has 0 saturated heterocycles. The van der Waals surface area contributed by atoms with Gasteiger partial charge in [-0.05, 0) is 40.9 Å². The van der Waals surface area contributed by atoms with E-state index in [1.807, 2.05) is 0 Å². The maximum Gasteiger partial charge on any atom is 0.252 e. The van der Waals surface area contributed by atoms with Gasteiger partial charge < -0.3 is 10.9 Å². The van der Waals surface area contributed by atoms with Crippen molar-refractivity contribution in [2.45, 2.75) is 29.5 Å². The molecule has 1 fully saturated rings. The van der Waals surface area contributed by atoms with Crippen molar-refractivity contribution in [2.75, 3.05) is 6.54 Å². The van der Waals surface area contributed by atoms with E-state index in [0.717, 1.165) is 16.6 Å². The SMILES string of the molecule is N/C(CCN(C1CC1)S(=O)(=O)c1ccc(Br)s1)=N/O. The first-order valence-electron chi connectivity index (χ1n) is 5.68. The molecule has 3 N–H and O–H groups in total. The van der Waals surface area contributed by atoms with E-state index in [-0.39, 0.29) is 24.8 Å². The quantitative estimate of drug-likeness (QED) is 0.346. The molecule has 0 amide bonds. The Kier molecular flexibility index (Phi) is 4.49. The summed E-state index contributed by atoms with van der Waals surface area (Å²) in [7, 11) is -3.49. The van der Waals surface area contributed by atoms with Crippen LogP contribution in [0.15, 0.2) is 25.3 Å². The number of nitrogens with zero attached hydrogens (tertiary/aromatic N) is 2. The van der Waals surface area contributed by atoms with Crippen molar-refractivity contribution < 1.29 is 13.6 Å². The minimum absolute atomic E-state index is 0.0354. The molecule has 19 heavy (non-hydrogen) atoms. The van der Waals surface area contributed by atoms with Crippen molar-refractivity contribution in [2.24, 2.45) is 10.9 Å². The van der Waals surface area contributed by atoms with Crippen molar-refractivity contribution in [1.82, 2.24) is 4.31 Å². The van der Waals surface area contributed by atoms with Gasteiger partial charge >= 0.3 is 0 Å². The second-order valence-corrected chi connectivity index (χ2v) is 8.83. The number of hydrogen-bond donors (Lipinski definition) is 2. The third-order valence-corrected chi connectivity index (χ3v) is 6.83. The van der Waals surface area contributed by atoms with Gasteiger partial charge in [0.2, 0.25) is 0 Å². The van der Waals surface area contributed by atoms with Crippen LogP contribution in [-0.2, 0) is 10.0 Å². The number of sulfonamides is 1. The van der Waals surface area contributed by atoms with E-state index < -0.39 is 10.0 Å². The zero-order chi connectivity index (χ0) is 14.0. The summed E-state index contributed by atoms with van der Waals surface area (Å²) < 4.78 is 27.5. The molecule has 1 saturated carbocycles. The average Bonchev–Trinajstić information content (AvgIpc) is 3.09. The molecule has 106 valence electrons. The summed E-state index contributed by atoms with van der Waals surface area (Å²) in [5.74, 6) is 0.0354. The van der Waals surface area contributed by atoms with Crippen LogP contribution in [0.5, 0.6) is 0 Å². The molecule has 0 aromatic carbocycles. The highest BCUT2D eigenvalue weighted by atomic mass is 79.9. The van der Waals surface area contributed by atoms with Gasteiger partial charge in [0, 0.05) is 19.0 Å². The van der Waals surface area contributed by atoms with Gasteiger partial charge in [-0.15, -0.1) is 11.3 Å². The number of nitrogens with two attached hydrogens (primary N) is 1. The smallest absolute Gasteiger partial charge is 0.252 e. The lowest BCUT2D eigenvalue weighted by Gasteiger charge is -2.20. The van der Waals surface area contributed by atoms with E-state index in [2.05, 4.69) is 21.1 Å². The van der Waals surface area contributed by atoms with Gasteiger partial charge in [-0.25, -0.2) is 8.42 Å². The third-order valence-electron chi connectivity index (χ3n) is 2.78. The molecule has 0 atom stereocenters. The lowest BCUT2D eigenvalue weighted by molar-refractivity contribution is 0.315. The van der Waals surface area contributed by atoms with Gasteiger partial charge in [0.15, 0.2) is 0 Å². The summed E-state index contributed by atoms with van der Waals surface area (Å²) in [6, 6.07) is 3.34. The first-order chi connectivity index (χ1) is 8.95. The van der Waals surface area contributed by atoms with Gasteiger partial charge in [-0.2, -0.15) is 4.31 Å². The molecular formula is C10H14BrN3O3S2. The molecule has 9 heteroatoms. The van der Waals surface area contributed by atoms with Crippen LogP contribution < -0.4 is 5.73 Å². The molecule has 6 nitrogen and oxygen atoms in total. The second kappa shape index (κ2) is 5.78. The average molecular weight is 368 g/mol. The van der Waals surface area contributed by atoms with Crippen LogP contribution in [0.25, 0.3) is 0 Å². The Labute approximate surface area is 124 Å². The van der Waals surface area contributed by atoms with Gasteiger partial charge in [-0.1, -0.05) is 5.16 Å². The maximum atomic E-state index is 12.5. The molecule has 0 radical (unpaired) electrons. The van der Waals surface area contributed by atoms with Crippen LogP contribution in [0.4, 0.5) is 0 Å². The van der Waals surface area contributed by atoms with Gasteiger partial charge in [-0.3, -0.25) is 0 Å². The Hall–Kier alpha value is -0.640. The Balaban J connectivity index is 2.18. The van der Waals surface area contributed by atoms with Crippen molar-refractivity contribution in [3.8, 4) is 0 Å². The maximum absolute atomic E-state index is 12.5. The molecule has 0 bridgehead atoms. The number of halogens is 1. The standard InChI is InChI=1S/C10H14BrN3O3S2/c11-8-3-4-10(18-8)19(16,17)14(7-1-2-7)6-5-9(12)13-15/h3-4,7,15H,1-2,5-6H2,(H2,12,13). The number of thiophene rings is 1.